The standard InChI is InChI=1S/C19H21N3O4/c1-23-15-11-14(12-16(24-2)18(15)25-3)20-10-9-17-21-22-19(26-17)13-7-5-4-6-8-13/h4-8,11-12,20H,9-10H2,1-3H3. The van der Waals surface area contributed by atoms with Gasteiger partial charge >= 0.3 is 0 Å². The fourth-order valence-electron chi connectivity index (χ4n) is 2.55. The smallest absolute Gasteiger partial charge is 0.247 e. The van der Waals surface area contributed by atoms with Crippen molar-refractivity contribution >= 4 is 5.69 Å². The molecule has 0 radical (unpaired) electrons. The Balaban J connectivity index is 1.64. The molecule has 0 aliphatic carbocycles. The van der Waals surface area contributed by atoms with Gasteiger partial charge in [-0.1, -0.05) is 18.2 Å². The van der Waals surface area contributed by atoms with E-state index < -0.39 is 0 Å². The lowest BCUT2D eigenvalue weighted by molar-refractivity contribution is 0.324. The number of hydrogen-bond acceptors (Lipinski definition) is 7. The van der Waals surface area contributed by atoms with E-state index in [1.165, 1.54) is 0 Å². The Kier molecular flexibility index (Phi) is 5.58. The van der Waals surface area contributed by atoms with E-state index in [2.05, 4.69) is 15.5 Å². The zero-order valence-electron chi connectivity index (χ0n) is 15.0. The van der Waals surface area contributed by atoms with Crippen LogP contribution in [0.3, 0.4) is 0 Å². The van der Waals surface area contributed by atoms with Crippen LogP contribution >= 0.6 is 0 Å². The Morgan fingerprint density at radius 1 is 0.923 bits per heavy atom. The van der Waals surface area contributed by atoms with E-state index in [-0.39, 0.29) is 0 Å². The third kappa shape index (κ3) is 3.88. The molecule has 7 nitrogen and oxygen atoms in total. The van der Waals surface area contributed by atoms with Crippen molar-refractivity contribution in [1.82, 2.24) is 10.2 Å². The number of anilines is 1. The minimum absolute atomic E-state index is 0.522. The average molecular weight is 355 g/mol. The van der Waals surface area contributed by atoms with Crippen LogP contribution in [0.15, 0.2) is 46.9 Å². The monoisotopic (exact) mass is 355 g/mol. The first-order valence-corrected chi connectivity index (χ1v) is 8.17. The summed E-state index contributed by atoms with van der Waals surface area (Å²) < 4.78 is 21.7. The summed E-state index contributed by atoms with van der Waals surface area (Å²) >= 11 is 0. The van der Waals surface area contributed by atoms with Crippen LogP contribution in [0, 0.1) is 0 Å². The Labute approximate surface area is 151 Å². The molecule has 1 N–H and O–H groups in total. The Bertz CT molecular complexity index is 824. The fourth-order valence-corrected chi connectivity index (χ4v) is 2.55. The molecule has 0 saturated heterocycles. The van der Waals surface area contributed by atoms with Gasteiger partial charge in [-0.25, -0.2) is 0 Å². The van der Waals surface area contributed by atoms with Crippen LogP contribution in [-0.2, 0) is 6.42 Å². The first kappa shape index (κ1) is 17.6. The molecule has 7 heteroatoms. The molecule has 0 aliphatic heterocycles. The number of rotatable bonds is 8. The molecule has 0 bridgehead atoms. The molecule has 1 heterocycles. The van der Waals surface area contributed by atoms with Crippen molar-refractivity contribution in [3.63, 3.8) is 0 Å². The Morgan fingerprint density at radius 2 is 1.62 bits per heavy atom. The van der Waals surface area contributed by atoms with Crippen molar-refractivity contribution < 1.29 is 18.6 Å². The number of nitrogens with zero attached hydrogens (tertiary/aromatic N) is 2. The van der Waals surface area contributed by atoms with E-state index in [9.17, 15) is 0 Å². The van der Waals surface area contributed by atoms with Crippen molar-refractivity contribution in [2.45, 2.75) is 6.42 Å². The molecule has 3 aromatic rings. The first-order chi connectivity index (χ1) is 12.7. The van der Waals surface area contributed by atoms with Crippen LogP contribution in [0.5, 0.6) is 17.2 Å². The zero-order valence-corrected chi connectivity index (χ0v) is 15.0. The van der Waals surface area contributed by atoms with Gasteiger partial charge in [-0.15, -0.1) is 10.2 Å². The van der Waals surface area contributed by atoms with Crippen molar-refractivity contribution in [1.29, 1.82) is 0 Å². The third-order valence-electron chi connectivity index (χ3n) is 3.82. The molecule has 1 aromatic heterocycles. The molecule has 136 valence electrons. The van der Waals surface area contributed by atoms with E-state index >= 15 is 0 Å². The lowest BCUT2D eigenvalue weighted by Gasteiger charge is -2.14. The van der Waals surface area contributed by atoms with Crippen molar-refractivity contribution in [2.24, 2.45) is 0 Å². The molecular formula is C19H21N3O4. The molecule has 26 heavy (non-hydrogen) atoms. The lowest BCUT2D eigenvalue weighted by atomic mass is 10.2. The predicted octanol–water partition coefficient (Wildman–Crippen LogP) is 3.42. The van der Waals surface area contributed by atoms with Crippen molar-refractivity contribution in [3.05, 3.63) is 48.4 Å². The second kappa shape index (κ2) is 8.24. The molecule has 3 rings (SSSR count). The van der Waals surface area contributed by atoms with Crippen LogP contribution in [0.2, 0.25) is 0 Å². The molecular weight excluding hydrogens is 334 g/mol. The molecule has 0 atom stereocenters. The predicted molar refractivity (Wildman–Crippen MR) is 98.0 cm³/mol. The largest absolute Gasteiger partial charge is 0.493 e. The minimum Gasteiger partial charge on any atom is -0.493 e. The van der Waals surface area contributed by atoms with Gasteiger partial charge in [-0.2, -0.15) is 0 Å². The van der Waals surface area contributed by atoms with Gasteiger partial charge in [0, 0.05) is 36.3 Å². The number of benzene rings is 2. The summed E-state index contributed by atoms with van der Waals surface area (Å²) in [5, 5.41) is 11.5. The van der Waals surface area contributed by atoms with Gasteiger partial charge < -0.3 is 23.9 Å². The highest BCUT2D eigenvalue weighted by Gasteiger charge is 2.13. The molecule has 0 aliphatic rings. The SMILES string of the molecule is COc1cc(NCCc2nnc(-c3ccccc3)o2)cc(OC)c1OC. The van der Waals surface area contributed by atoms with Crippen molar-refractivity contribution in [2.75, 3.05) is 33.2 Å². The van der Waals surface area contributed by atoms with Gasteiger partial charge in [0.2, 0.25) is 17.5 Å². The summed E-state index contributed by atoms with van der Waals surface area (Å²) in [6.07, 6.45) is 0.594. The van der Waals surface area contributed by atoms with Gasteiger partial charge in [-0.3, -0.25) is 0 Å². The number of methoxy groups -OCH3 is 3. The first-order valence-electron chi connectivity index (χ1n) is 8.17. The number of aromatic nitrogens is 2. The number of nitrogens with one attached hydrogen (secondary N) is 1. The van der Waals surface area contributed by atoms with E-state index in [0.717, 1.165) is 11.3 Å². The van der Waals surface area contributed by atoms with Crippen LogP contribution in [0.4, 0.5) is 5.69 Å². The summed E-state index contributed by atoms with van der Waals surface area (Å²) in [5.74, 6) is 2.85. The highest BCUT2D eigenvalue weighted by Crippen LogP contribution is 2.39. The van der Waals surface area contributed by atoms with Crippen LogP contribution in [0.1, 0.15) is 5.89 Å². The quantitative estimate of drug-likeness (QED) is 0.663. The maximum absolute atomic E-state index is 5.70. The molecule has 0 amide bonds. The summed E-state index contributed by atoms with van der Waals surface area (Å²) in [6.45, 7) is 0.620. The molecule has 0 spiro atoms. The number of ether oxygens (including phenoxy) is 3. The number of hydrogen-bond donors (Lipinski definition) is 1. The van der Waals surface area contributed by atoms with Gasteiger partial charge in [0.25, 0.3) is 0 Å². The van der Waals surface area contributed by atoms with Gasteiger partial charge in [-0.05, 0) is 12.1 Å². The third-order valence-corrected chi connectivity index (χ3v) is 3.82. The zero-order chi connectivity index (χ0) is 18.4. The van der Waals surface area contributed by atoms with E-state index in [1.54, 1.807) is 21.3 Å². The van der Waals surface area contributed by atoms with Gasteiger partial charge in [0.15, 0.2) is 11.5 Å². The van der Waals surface area contributed by atoms with E-state index in [1.807, 2.05) is 42.5 Å². The lowest BCUT2D eigenvalue weighted by Crippen LogP contribution is -2.06. The van der Waals surface area contributed by atoms with Crippen LogP contribution in [0.25, 0.3) is 11.5 Å². The Hall–Kier alpha value is -3.22. The average Bonchev–Trinajstić information content (AvgIpc) is 3.16. The maximum atomic E-state index is 5.70. The van der Waals surface area contributed by atoms with E-state index in [4.69, 9.17) is 18.6 Å². The normalized spacial score (nSPS) is 10.4. The summed E-state index contributed by atoms with van der Waals surface area (Å²) in [5.41, 5.74) is 1.76. The molecule has 0 fully saturated rings. The highest BCUT2D eigenvalue weighted by atomic mass is 16.5. The van der Waals surface area contributed by atoms with Crippen LogP contribution < -0.4 is 19.5 Å². The second-order valence-electron chi connectivity index (χ2n) is 5.46. The molecule has 0 saturated carbocycles. The molecule has 0 unspecified atom stereocenters. The fraction of sp³-hybridized carbons (Fsp3) is 0.263. The highest BCUT2D eigenvalue weighted by molar-refractivity contribution is 5.62. The maximum Gasteiger partial charge on any atom is 0.247 e. The van der Waals surface area contributed by atoms with Crippen LogP contribution in [-0.4, -0.2) is 38.1 Å². The summed E-state index contributed by atoms with van der Waals surface area (Å²) in [4.78, 5) is 0. The van der Waals surface area contributed by atoms with E-state index in [0.29, 0.717) is 42.0 Å². The topological polar surface area (TPSA) is 78.6 Å². The summed E-state index contributed by atoms with van der Waals surface area (Å²) in [7, 11) is 4.75. The second-order valence-corrected chi connectivity index (χ2v) is 5.46. The Morgan fingerprint density at radius 3 is 2.23 bits per heavy atom. The minimum atomic E-state index is 0.522. The molecule has 2 aromatic carbocycles. The van der Waals surface area contributed by atoms with Gasteiger partial charge in [0.05, 0.1) is 21.3 Å². The van der Waals surface area contributed by atoms with Crippen molar-refractivity contribution in [3.8, 4) is 28.7 Å². The van der Waals surface area contributed by atoms with Gasteiger partial charge in [0.1, 0.15) is 0 Å². The summed E-state index contributed by atoms with van der Waals surface area (Å²) in [6, 6.07) is 13.4.